The van der Waals surface area contributed by atoms with Crippen molar-refractivity contribution in [1.29, 1.82) is 0 Å². The lowest BCUT2D eigenvalue weighted by Crippen LogP contribution is -2.42. The molecule has 0 radical (unpaired) electrons. The maximum atomic E-state index is 12.7. The maximum absolute atomic E-state index is 12.7. The van der Waals surface area contributed by atoms with Gasteiger partial charge in [0.15, 0.2) is 0 Å². The summed E-state index contributed by atoms with van der Waals surface area (Å²) in [6.07, 6.45) is 3.00. The smallest absolute Gasteiger partial charge is 0.261 e. The molecule has 1 amide bonds. The summed E-state index contributed by atoms with van der Waals surface area (Å²) in [6.45, 7) is 4.37. The van der Waals surface area contributed by atoms with Crippen LogP contribution >= 0.6 is 22.3 Å². The molecule has 1 aliphatic heterocycles. The standard InChI is InChI=1S/C14H17Cl2NO3S/c1-9-5-3-4-6-17(9)14(18)12-7-11(21(16,19)20)8-13(15)10(12)2/h7-9H,3-6H2,1-2H3. The summed E-state index contributed by atoms with van der Waals surface area (Å²) < 4.78 is 23.0. The van der Waals surface area contributed by atoms with Gasteiger partial charge in [0.25, 0.3) is 15.0 Å². The highest BCUT2D eigenvalue weighted by atomic mass is 35.7. The lowest BCUT2D eigenvalue weighted by Gasteiger charge is -2.34. The van der Waals surface area contributed by atoms with Crippen molar-refractivity contribution in [2.45, 2.75) is 44.0 Å². The van der Waals surface area contributed by atoms with Crippen molar-refractivity contribution >= 4 is 37.2 Å². The molecule has 116 valence electrons. The molecule has 4 nitrogen and oxygen atoms in total. The SMILES string of the molecule is Cc1c(Cl)cc(S(=O)(=O)Cl)cc1C(=O)N1CCCCC1C. The number of halogens is 2. The highest BCUT2D eigenvalue weighted by molar-refractivity contribution is 8.13. The fourth-order valence-electron chi connectivity index (χ4n) is 2.57. The van der Waals surface area contributed by atoms with Gasteiger partial charge >= 0.3 is 0 Å². The molecule has 7 heteroatoms. The Balaban J connectivity index is 2.47. The fourth-order valence-corrected chi connectivity index (χ4v) is 3.64. The molecule has 1 aliphatic rings. The van der Waals surface area contributed by atoms with E-state index in [1.165, 1.54) is 12.1 Å². The van der Waals surface area contributed by atoms with Crippen molar-refractivity contribution in [1.82, 2.24) is 4.90 Å². The van der Waals surface area contributed by atoms with E-state index >= 15 is 0 Å². The fraction of sp³-hybridized carbons (Fsp3) is 0.500. The van der Waals surface area contributed by atoms with E-state index in [-0.39, 0.29) is 21.9 Å². The molecule has 0 spiro atoms. The van der Waals surface area contributed by atoms with Gasteiger partial charge in [-0.25, -0.2) is 8.42 Å². The summed E-state index contributed by atoms with van der Waals surface area (Å²) in [4.78, 5) is 14.3. The van der Waals surface area contributed by atoms with Crippen LogP contribution in [0.2, 0.25) is 5.02 Å². The van der Waals surface area contributed by atoms with E-state index < -0.39 is 9.05 Å². The lowest BCUT2D eigenvalue weighted by atomic mass is 10.0. The molecule has 0 saturated carbocycles. The number of likely N-dealkylation sites (tertiary alicyclic amines) is 1. The Morgan fingerprint density at radius 1 is 1.33 bits per heavy atom. The number of benzene rings is 1. The molecule has 1 saturated heterocycles. The van der Waals surface area contributed by atoms with Gasteiger partial charge in [-0.05, 0) is 50.8 Å². The third-order valence-corrected chi connectivity index (χ3v) is 5.62. The summed E-state index contributed by atoms with van der Waals surface area (Å²) in [5, 5.41) is 0.227. The molecule has 0 aromatic heterocycles. The predicted octanol–water partition coefficient (Wildman–Crippen LogP) is 3.59. The molecule has 1 fully saturated rings. The largest absolute Gasteiger partial charge is 0.336 e. The second-order valence-electron chi connectivity index (χ2n) is 5.36. The summed E-state index contributed by atoms with van der Waals surface area (Å²) in [7, 11) is 1.44. The van der Waals surface area contributed by atoms with Crippen LogP contribution in [0, 0.1) is 6.92 Å². The topological polar surface area (TPSA) is 54.5 Å². The first-order valence-corrected chi connectivity index (χ1v) is 9.46. The minimum Gasteiger partial charge on any atom is -0.336 e. The highest BCUT2D eigenvalue weighted by Crippen LogP contribution is 2.28. The third-order valence-electron chi connectivity index (χ3n) is 3.89. The molecule has 1 heterocycles. The zero-order valence-electron chi connectivity index (χ0n) is 11.9. The molecular weight excluding hydrogens is 333 g/mol. The van der Waals surface area contributed by atoms with Gasteiger partial charge in [0.05, 0.1) is 4.90 Å². The lowest BCUT2D eigenvalue weighted by molar-refractivity contribution is 0.0634. The van der Waals surface area contributed by atoms with Crippen LogP contribution in [0.25, 0.3) is 0 Å². The van der Waals surface area contributed by atoms with Gasteiger partial charge in [-0.15, -0.1) is 0 Å². The molecule has 2 rings (SSSR count). The predicted molar refractivity (Wildman–Crippen MR) is 83.6 cm³/mol. The number of hydrogen-bond acceptors (Lipinski definition) is 3. The Morgan fingerprint density at radius 2 is 2.00 bits per heavy atom. The van der Waals surface area contributed by atoms with E-state index in [0.29, 0.717) is 17.7 Å². The third kappa shape index (κ3) is 3.52. The number of carbonyl (C=O) groups is 1. The molecule has 1 unspecified atom stereocenters. The van der Waals surface area contributed by atoms with Crippen LogP contribution in [0.5, 0.6) is 0 Å². The summed E-state index contributed by atoms with van der Waals surface area (Å²) in [5.74, 6) is -0.191. The molecule has 21 heavy (non-hydrogen) atoms. The van der Waals surface area contributed by atoms with Crippen molar-refractivity contribution in [3.05, 3.63) is 28.3 Å². The van der Waals surface area contributed by atoms with Crippen LogP contribution < -0.4 is 0 Å². The van der Waals surface area contributed by atoms with Crippen LogP contribution in [0.3, 0.4) is 0 Å². The quantitative estimate of drug-likeness (QED) is 0.766. The van der Waals surface area contributed by atoms with Gasteiger partial charge < -0.3 is 4.90 Å². The van der Waals surface area contributed by atoms with Gasteiger partial charge in [-0.3, -0.25) is 4.79 Å². The van der Waals surface area contributed by atoms with Crippen molar-refractivity contribution in [3.8, 4) is 0 Å². The van der Waals surface area contributed by atoms with E-state index in [1.807, 2.05) is 6.92 Å². The van der Waals surface area contributed by atoms with Crippen LogP contribution in [0.15, 0.2) is 17.0 Å². The molecule has 1 atom stereocenters. The van der Waals surface area contributed by atoms with Gasteiger partial charge in [-0.1, -0.05) is 11.6 Å². The van der Waals surface area contributed by atoms with Crippen LogP contribution in [-0.2, 0) is 9.05 Å². The molecular formula is C14H17Cl2NO3S. The minimum atomic E-state index is -3.93. The molecule has 1 aromatic carbocycles. The molecule has 0 aliphatic carbocycles. The van der Waals surface area contributed by atoms with Crippen molar-refractivity contribution < 1.29 is 13.2 Å². The number of rotatable bonds is 2. The molecule has 1 aromatic rings. The zero-order chi connectivity index (χ0) is 15.8. The zero-order valence-corrected chi connectivity index (χ0v) is 14.2. The van der Waals surface area contributed by atoms with Crippen molar-refractivity contribution in [2.75, 3.05) is 6.54 Å². The van der Waals surface area contributed by atoms with Crippen LogP contribution in [-0.4, -0.2) is 31.8 Å². The monoisotopic (exact) mass is 349 g/mol. The number of hydrogen-bond donors (Lipinski definition) is 0. The number of carbonyl (C=O) groups excluding carboxylic acids is 1. The first-order valence-electron chi connectivity index (χ1n) is 6.77. The summed E-state index contributed by atoms with van der Waals surface area (Å²) in [5.41, 5.74) is 0.874. The Kier molecular flexibility index (Phi) is 4.85. The van der Waals surface area contributed by atoms with Crippen LogP contribution in [0.1, 0.15) is 42.1 Å². The first-order chi connectivity index (χ1) is 9.71. The normalized spacial score (nSPS) is 19.6. The van der Waals surface area contributed by atoms with E-state index in [0.717, 1.165) is 19.3 Å². The Hall–Kier alpha value is -0.780. The Morgan fingerprint density at radius 3 is 2.57 bits per heavy atom. The Labute approximate surface area is 134 Å². The van der Waals surface area contributed by atoms with E-state index in [4.69, 9.17) is 22.3 Å². The summed E-state index contributed by atoms with van der Waals surface area (Å²) in [6, 6.07) is 2.73. The average molecular weight is 350 g/mol. The maximum Gasteiger partial charge on any atom is 0.261 e. The average Bonchev–Trinajstić information content (AvgIpc) is 2.40. The second kappa shape index (κ2) is 6.15. The first kappa shape index (κ1) is 16.6. The second-order valence-corrected chi connectivity index (χ2v) is 8.33. The van der Waals surface area contributed by atoms with E-state index in [9.17, 15) is 13.2 Å². The molecule has 0 bridgehead atoms. The summed E-state index contributed by atoms with van der Waals surface area (Å²) >= 11 is 6.05. The van der Waals surface area contributed by atoms with Crippen LogP contribution in [0.4, 0.5) is 0 Å². The number of nitrogens with zero attached hydrogens (tertiary/aromatic N) is 1. The highest BCUT2D eigenvalue weighted by Gasteiger charge is 2.27. The Bertz CT molecular complexity index is 673. The van der Waals surface area contributed by atoms with E-state index in [1.54, 1.807) is 11.8 Å². The van der Waals surface area contributed by atoms with Gasteiger partial charge in [0.2, 0.25) is 0 Å². The van der Waals surface area contributed by atoms with Gasteiger partial charge in [-0.2, -0.15) is 0 Å². The minimum absolute atomic E-state index is 0.140. The van der Waals surface area contributed by atoms with Crippen molar-refractivity contribution in [2.24, 2.45) is 0 Å². The molecule has 0 N–H and O–H groups in total. The number of piperidine rings is 1. The van der Waals surface area contributed by atoms with Gasteiger partial charge in [0.1, 0.15) is 0 Å². The van der Waals surface area contributed by atoms with Crippen molar-refractivity contribution in [3.63, 3.8) is 0 Å². The van der Waals surface area contributed by atoms with Gasteiger partial charge in [0, 0.05) is 33.9 Å². The number of amides is 1. The van der Waals surface area contributed by atoms with E-state index in [2.05, 4.69) is 0 Å².